The topological polar surface area (TPSA) is 48.0 Å². The molecule has 16 heavy (non-hydrogen) atoms. The molecule has 0 unspecified atom stereocenters. The number of nitrogens with zero attached hydrogens (tertiary/aromatic N) is 1. The average molecular weight is 233 g/mol. The van der Waals surface area contributed by atoms with E-state index in [9.17, 15) is 4.79 Å². The molecule has 0 atom stereocenters. The van der Waals surface area contributed by atoms with Gasteiger partial charge in [-0.2, -0.15) is 0 Å². The number of carbonyl (C=O) groups is 1. The Kier molecular flexibility index (Phi) is 10.4. The zero-order chi connectivity index (χ0) is 12.2. The van der Waals surface area contributed by atoms with Crippen molar-refractivity contribution in [1.29, 1.82) is 0 Å². The van der Waals surface area contributed by atoms with Crippen LogP contribution in [-0.2, 0) is 19.0 Å². The molecule has 0 aliphatic heterocycles. The van der Waals surface area contributed by atoms with Gasteiger partial charge >= 0.3 is 5.97 Å². The quantitative estimate of drug-likeness (QED) is 0.407. The van der Waals surface area contributed by atoms with Crippen LogP contribution in [0.1, 0.15) is 13.8 Å². The predicted molar refractivity (Wildman–Crippen MR) is 61.4 cm³/mol. The van der Waals surface area contributed by atoms with Crippen molar-refractivity contribution in [2.75, 3.05) is 53.2 Å². The third-order valence-corrected chi connectivity index (χ3v) is 1.96. The molecule has 0 aliphatic carbocycles. The monoisotopic (exact) mass is 233 g/mol. The Morgan fingerprint density at radius 2 is 1.69 bits per heavy atom. The Labute approximate surface area is 97.7 Å². The van der Waals surface area contributed by atoms with Crippen LogP contribution in [0, 0.1) is 0 Å². The molecule has 5 nitrogen and oxygen atoms in total. The maximum atomic E-state index is 10.9. The molecule has 0 saturated heterocycles. The molecule has 0 N–H and O–H groups in total. The summed E-state index contributed by atoms with van der Waals surface area (Å²) in [7, 11) is 1.99. The SMILES string of the molecule is CCOCCN(C)CCOCC(=O)OCC. The summed E-state index contributed by atoms with van der Waals surface area (Å²) in [6.45, 7) is 7.84. The lowest BCUT2D eigenvalue weighted by Gasteiger charge is -2.15. The molecule has 0 fully saturated rings. The highest BCUT2D eigenvalue weighted by molar-refractivity contribution is 5.70. The summed E-state index contributed by atoms with van der Waals surface area (Å²) in [5.74, 6) is -0.306. The Bertz CT molecular complexity index is 175. The van der Waals surface area contributed by atoms with Crippen molar-refractivity contribution < 1.29 is 19.0 Å². The van der Waals surface area contributed by atoms with Gasteiger partial charge in [-0.3, -0.25) is 0 Å². The van der Waals surface area contributed by atoms with Gasteiger partial charge in [0, 0.05) is 19.7 Å². The Morgan fingerprint density at radius 1 is 1.06 bits per heavy atom. The molecule has 0 aromatic heterocycles. The molecular formula is C11H23NO4. The van der Waals surface area contributed by atoms with Crippen molar-refractivity contribution in [1.82, 2.24) is 4.90 Å². The molecule has 0 aromatic rings. The van der Waals surface area contributed by atoms with Crippen molar-refractivity contribution >= 4 is 5.97 Å². The second-order valence-electron chi connectivity index (χ2n) is 3.36. The maximum absolute atomic E-state index is 10.9. The summed E-state index contributed by atoms with van der Waals surface area (Å²) in [6, 6.07) is 0. The first kappa shape index (κ1) is 15.3. The molecule has 0 radical (unpaired) electrons. The van der Waals surface area contributed by atoms with Gasteiger partial charge in [-0.25, -0.2) is 4.79 Å². The third-order valence-electron chi connectivity index (χ3n) is 1.96. The first-order chi connectivity index (χ1) is 7.70. The van der Waals surface area contributed by atoms with Crippen LogP contribution in [0.3, 0.4) is 0 Å². The fraction of sp³-hybridized carbons (Fsp3) is 0.909. The molecule has 0 aliphatic rings. The van der Waals surface area contributed by atoms with Crippen molar-refractivity contribution in [3.05, 3.63) is 0 Å². The van der Waals surface area contributed by atoms with Crippen LogP contribution in [0.4, 0.5) is 0 Å². The highest BCUT2D eigenvalue weighted by atomic mass is 16.6. The lowest BCUT2D eigenvalue weighted by molar-refractivity contribution is -0.148. The molecule has 0 amide bonds. The zero-order valence-corrected chi connectivity index (χ0v) is 10.5. The Hall–Kier alpha value is -0.650. The summed E-state index contributed by atoms with van der Waals surface area (Å²) in [5, 5.41) is 0. The van der Waals surface area contributed by atoms with E-state index in [4.69, 9.17) is 14.2 Å². The fourth-order valence-corrected chi connectivity index (χ4v) is 1.06. The van der Waals surface area contributed by atoms with E-state index < -0.39 is 0 Å². The third kappa shape index (κ3) is 9.89. The first-order valence-electron chi connectivity index (χ1n) is 5.70. The minimum atomic E-state index is -0.306. The number of rotatable bonds is 10. The molecule has 0 bridgehead atoms. The van der Waals surface area contributed by atoms with Crippen molar-refractivity contribution in [2.45, 2.75) is 13.8 Å². The smallest absolute Gasteiger partial charge is 0.332 e. The Morgan fingerprint density at radius 3 is 2.25 bits per heavy atom. The molecule has 5 heteroatoms. The molecule has 0 heterocycles. The van der Waals surface area contributed by atoms with Gasteiger partial charge < -0.3 is 19.1 Å². The normalized spacial score (nSPS) is 10.8. The van der Waals surface area contributed by atoms with Crippen LogP contribution in [0.2, 0.25) is 0 Å². The van der Waals surface area contributed by atoms with E-state index in [1.807, 2.05) is 14.0 Å². The highest BCUT2D eigenvalue weighted by Crippen LogP contribution is 1.86. The Balaban J connectivity index is 3.26. The van der Waals surface area contributed by atoms with Crippen LogP contribution < -0.4 is 0 Å². The van der Waals surface area contributed by atoms with Crippen molar-refractivity contribution in [3.63, 3.8) is 0 Å². The lowest BCUT2D eigenvalue weighted by Crippen LogP contribution is -2.28. The number of hydrogen-bond donors (Lipinski definition) is 0. The van der Waals surface area contributed by atoms with Gasteiger partial charge in [0.2, 0.25) is 0 Å². The number of hydrogen-bond acceptors (Lipinski definition) is 5. The zero-order valence-electron chi connectivity index (χ0n) is 10.5. The second kappa shape index (κ2) is 10.9. The molecule has 0 spiro atoms. The molecular weight excluding hydrogens is 210 g/mol. The summed E-state index contributed by atoms with van der Waals surface area (Å²) in [5.41, 5.74) is 0. The van der Waals surface area contributed by atoms with E-state index in [1.165, 1.54) is 0 Å². The van der Waals surface area contributed by atoms with Crippen LogP contribution in [0.25, 0.3) is 0 Å². The average Bonchev–Trinajstić information content (AvgIpc) is 2.25. The first-order valence-corrected chi connectivity index (χ1v) is 5.70. The summed E-state index contributed by atoms with van der Waals surface area (Å²) >= 11 is 0. The van der Waals surface area contributed by atoms with Crippen LogP contribution in [0.15, 0.2) is 0 Å². The van der Waals surface area contributed by atoms with Gasteiger partial charge in [0.25, 0.3) is 0 Å². The summed E-state index contributed by atoms with van der Waals surface area (Å²) < 4.78 is 15.1. The van der Waals surface area contributed by atoms with Gasteiger partial charge in [0.15, 0.2) is 0 Å². The minimum absolute atomic E-state index is 0.0349. The van der Waals surface area contributed by atoms with E-state index in [2.05, 4.69) is 4.90 Å². The number of esters is 1. The molecule has 96 valence electrons. The van der Waals surface area contributed by atoms with Gasteiger partial charge in [0.05, 0.1) is 19.8 Å². The van der Waals surface area contributed by atoms with E-state index in [-0.39, 0.29) is 12.6 Å². The van der Waals surface area contributed by atoms with E-state index in [0.29, 0.717) is 13.2 Å². The molecule has 0 aromatic carbocycles. The van der Waals surface area contributed by atoms with Crippen LogP contribution in [-0.4, -0.2) is 64.0 Å². The standard InChI is InChI=1S/C11H23NO4/c1-4-14-8-6-12(3)7-9-15-10-11(13)16-5-2/h4-10H2,1-3H3. The minimum Gasteiger partial charge on any atom is -0.464 e. The molecule has 0 saturated carbocycles. The van der Waals surface area contributed by atoms with E-state index >= 15 is 0 Å². The predicted octanol–water partition coefficient (Wildman–Crippen LogP) is 0.534. The van der Waals surface area contributed by atoms with Gasteiger partial charge in [-0.1, -0.05) is 0 Å². The number of ether oxygens (including phenoxy) is 3. The summed E-state index contributed by atoms with van der Waals surface area (Å²) in [6.07, 6.45) is 0. The second-order valence-corrected chi connectivity index (χ2v) is 3.36. The lowest BCUT2D eigenvalue weighted by atomic mass is 10.5. The van der Waals surface area contributed by atoms with Gasteiger partial charge in [-0.15, -0.1) is 0 Å². The van der Waals surface area contributed by atoms with Gasteiger partial charge in [0.1, 0.15) is 6.61 Å². The highest BCUT2D eigenvalue weighted by Gasteiger charge is 2.02. The van der Waals surface area contributed by atoms with Crippen LogP contribution >= 0.6 is 0 Å². The van der Waals surface area contributed by atoms with Gasteiger partial charge in [-0.05, 0) is 20.9 Å². The maximum Gasteiger partial charge on any atom is 0.332 e. The summed E-state index contributed by atoms with van der Waals surface area (Å²) in [4.78, 5) is 13.0. The van der Waals surface area contributed by atoms with E-state index in [0.717, 1.165) is 26.3 Å². The number of carbonyl (C=O) groups excluding carboxylic acids is 1. The molecule has 0 rings (SSSR count). The van der Waals surface area contributed by atoms with Crippen molar-refractivity contribution in [3.8, 4) is 0 Å². The van der Waals surface area contributed by atoms with E-state index in [1.54, 1.807) is 6.92 Å². The number of likely N-dealkylation sites (N-methyl/N-ethyl adjacent to an activating group) is 1. The largest absolute Gasteiger partial charge is 0.464 e. The van der Waals surface area contributed by atoms with Crippen molar-refractivity contribution in [2.24, 2.45) is 0 Å². The van der Waals surface area contributed by atoms with Crippen LogP contribution in [0.5, 0.6) is 0 Å². The fourth-order valence-electron chi connectivity index (χ4n) is 1.06.